The number of hydrogen-bond acceptors (Lipinski definition) is 7. The third-order valence-electron chi connectivity index (χ3n) is 4.04. The number of nitrogens with zero attached hydrogens (tertiary/aromatic N) is 1. The highest BCUT2D eigenvalue weighted by Crippen LogP contribution is 2.35. The van der Waals surface area contributed by atoms with Crippen LogP contribution < -0.4 is 14.6 Å². The number of thioether (sulfide) groups is 1. The second-order valence-corrected chi connectivity index (χ2v) is 8.59. The smallest absolute Gasteiger partial charge is 0.266 e. The van der Waals surface area contributed by atoms with E-state index in [9.17, 15) is 14.7 Å². The normalized spacial score (nSPS) is 15.0. The molecule has 0 unspecified atom stereocenters. The van der Waals surface area contributed by atoms with Crippen LogP contribution in [0.15, 0.2) is 41.3 Å². The summed E-state index contributed by atoms with van der Waals surface area (Å²) in [5.74, 6) is -0.911. The van der Waals surface area contributed by atoms with E-state index in [4.69, 9.17) is 44.9 Å². The largest absolute Gasteiger partial charge is 0.548 e. The molecule has 10 heteroatoms. The maximum absolute atomic E-state index is 12.4. The summed E-state index contributed by atoms with van der Waals surface area (Å²) < 4.78 is 11.4. The van der Waals surface area contributed by atoms with Crippen molar-refractivity contribution in [3.8, 4) is 11.5 Å². The first kappa shape index (κ1) is 22.4. The minimum Gasteiger partial charge on any atom is -0.548 e. The van der Waals surface area contributed by atoms with Gasteiger partial charge < -0.3 is 19.4 Å². The molecule has 0 N–H and O–H groups in total. The molecule has 0 aliphatic carbocycles. The maximum atomic E-state index is 12.4. The fraction of sp³-hybridized carbons (Fsp3) is 0.150. The van der Waals surface area contributed by atoms with E-state index in [-0.39, 0.29) is 10.9 Å². The Labute approximate surface area is 192 Å². The van der Waals surface area contributed by atoms with Crippen molar-refractivity contribution in [3.63, 3.8) is 0 Å². The van der Waals surface area contributed by atoms with E-state index in [0.29, 0.717) is 32.0 Å². The molecule has 2 aromatic carbocycles. The van der Waals surface area contributed by atoms with Crippen LogP contribution >= 0.6 is 47.2 Å². The number of methoxy groups -OCH3 is 1. The molecule has 0 bridgehead atoms. The average molecular weight is 483 g/mol. The number of ether oxygens (including phenoxy) is 2. The lowest BCUT2D eigenvalue weighted by atomic mass is 10.1. The number of amides is 1. The summed E-state index contributed by atoms with van der Waals surface area (Å²) in [5.41, 5.74) is 1.43. The van der Waals surface area contributed by atoms with Crippen LogP contribution in [-0.4, -0.2) is 34.8 Å². The standard InChI is InChI=1S/C20H15Cl2NO5S2/c1-27-16-6-11(7-17-19(26)23(9-18(24)25)20(29)30-17)2-5-15(16)28-10-12-3-4-13(21)8-14(12)22/h2-8H,9-10H2,1H3,(H,24,25)/p-1/b17-7-. The van der Waals surface area contributed by atoms with Crippen LogP contribution in [0.1, 0.15) is 11.1 Å². The van der Waals surface area contributed by atoms with E-state index in [1.807, 2.05) is 0 Å². The summed E-state index contributed by atoms with van der Waals surface area (Å²) in [7, 11) is 1.50. The summed E-state index contributed by atoms with van der Waals surface area (Å²) >= 11 is 18.2. The van der Waals surface area contributed by atoms with E-state index in [2.05, 4.69) is 0 Å². The first-order chi connectivity index (χ1) is 14.3. The monoisotopic (exact) mass is 482 g/mol. The maximum Gasteiger partial charge on any atom is 0.266 e. The molecule has 1 heterocycles. The SMILES string of the molecule is COc1cc(/C=C2\SC(=S)N(CC(=O)[O-])C2=O)ccc1OCc1ccc(Cl)cc1Cl. The molecule has 1 fully saturated rings. The number of thiocarbonyl (C=S) groups is 1. The Hall–Kier alpha value is -2.26. The average Bonchev–Trinajstić information content (AvgIpc) is 2.95. The zero-order valence-corrected chi connectivity index (χ0v) is 18.7. The van der Waals surface area contributed by atoms with Crippen LogP contribution in [0.2, 0.25) is 10.0 Å². The van der Waals surface area contributed by atoms with Crippen molar-refractivity contribution >= 4 is 69.5 Å². The number of carboxylic acid groups (broad SMARTS) is 1. The van der Waals surface area contributed by atoms with Crippen LogP contribution in [0.3, 0.4) is 0 Å². The summed E-state index contributed by atoms with van der Waals surface area (Å²) in [4.78, 5) is 24.5. The van der Waals surface area contributed by atoms with E-state index in [0.717, 1.165) is 22.2 Å². The second-order valence-electron chi connectivity index (χ2n) is 6.07. The molecule has 0 atom stereocenters. The summed E-state index contributed by atoms with van der Waals surface area (Å²) in [6.45, 7) is -0.362. The van der Waals surface area contributed by atoms with Crippen molar-refractivity contribution in [3.05, 3.63) is 62.5 Å². The molecule has 0 radical (unpaired) electrons. The van der Waals surface area contributed by atoms with E-state index < -0.39 is 18.4 Å². The van der Waals surface area contributed by atoms with Gasteiger partial charge in [0, 0.05) is 15.6 Å². The highest BCUT2D eigenvalue weighted by molar-refractivity contribution is 8.26. The molecule has 0 saturated carbocycles. The molecule has 30 heavy (non-hydrogen) atoms. The lowest BCUT2D eigenvalue weighted by Crippen LogP contribution is -2.40. The number of carboxylic acids is 1. The lowest BCUT2D eigenvalue weighted by Gasteiger charge is -2.14. The van der Waals surface area contributed by atoms with Gasteiger partial charge in [-0.05, 0) is 35.9 Å². The highest BCUT2D eigenvalue weighted by Gasteiger charge is 2.31. The second kappa shape index (κ2) is 9.70. The zero-order chi connectivity index (χ0) is 21.8. The number of aliphatic carboxylic acids is 1. The van der Waals surface area contributed by atoms with Crippen molar-refractivity contribution in [2.75, 3.05) is 13.7 Å². The number of benzene rings is 2. The Morgan fingerprint density at radius 1 is 1.23 bits per heavy atom. The molecule has 156 valence electrons. The summed E-state index contributed by atoms with van der Waals surface area (Å²) in [6, 6.07) is 10.3. The zero-order valence-electron chi connectivity index (χ0n) is 15.5. The van der Waals surface area contributed by atoms with Crippen molar-refractivity contribution in [1.82, 2.24) is 4.90 Å². The molecule has 1 saturated heterocycles. The molecule has 3 rings (SSSR count). The Morgan fingerprint density at radius 3 is 2.67 bits per heavy atom. The molecule has 0 aromatic heterocycles. The third-order valence-corrected chi connectivity index (χ3v) is 6.01. The van der Waals surface area contributed by atoms with Crippen molar-refractivity contribution in [2.24, 2.45) is 0 Å². The van der Waals surface area contributed by atoms with Crippen LogP contribution in [0.5, 0.6) is 11.5 Å². The van der Waals surface area contributed by atoms with Crippen molar-refractivity contribution in [1.29, 1.82) is 0 Å². The first-order valence-corrected chi connectivity index (χ1v) is 10.5. The number of carbonyl (C=O) groups excluding carboxylic acids is 2. The number of rotatable bonds is 7. The minimum atomic E-state index is -1.38. The van der Waals surface area contributed by atoms with Gasteiger partial charge in [-0.15, -0.1) is 0 Å². The van der Waals surface area contributed by atoms with Crippen LogP contribution in [0.4, 0.5) is 0 Å². The Morgan fingerprint density at radius 2 is 2.00 bits per heavy atom. The van der Waals surface area contributed by atoms with Gasteiger partial charge in [-0.3, -0.25) is 9.69 Å². The van der Waals surface area contributed by atoms with Crippen LogP contribution in [0, 0.1) is 0 Å². The van der Waals surface area contributed by atoms with Gasteiger partial charge in [-0.25, -0.2) is 0 Å². The number of carbonyl (C=O) groups is 2. The van der Waals surface area contributed by atoms with Crippen molar-refractivity contribution in [2.45, 2.75) is 6.61 Å². The van der Waals surface area contributed by atoms with Gasteiger partial charge >= 0.3 is 0 Å². The van der Waals surface area contributed by atoms with Gasteiger partial charge in [0.05, 0.1) is 24.5 Å². The quantitative estimate of drug-likeness (QED) is 0.441. The molecule has 1 aliphatic rings. The fourth-order valence-corrected chi connectivity index (χ4v) is 4.32. The first-order valence-electron chi connectivity index (χ1n) is 8.48. The molecular weight excluding hydrogens is 469 g/mol. The molecule has 1 aliphatic heterocycles. The Bertz CT molecular complexity index is 1060. The molecule has 2 aromatic rings. The lowest BCUT2D eigenvalue weighted by molar-refractivity contribution is -0.305. The number of hydrogen-bond donors (Lipinski definition) is 0. The molecular formula is C20H14Cl2NO5S2-. The van der Waals surface area contributed by atoms with Crippen LogP contribution in [0.25, 0.3) is 6.08 Å². The molecule has 0 spiro atoms. The van der Waals surface area contributed by atoms with E-state index >= 15 is 0 Å². The van der Waals surface area contributed by atoms with Gasteiger partial charge in [-0.2, -0.15) is 0 Å². The van der Waals surface area contributed by atoms with Crippen LogP contribution in [-0.2, 0) is 16.2 Å². The fourth-order valence-electron chi connectivity index (χ4n) is 2.60. The predicted molar refractivity (Wildman–Crippen MR) is 119 cm³/mol. The van der Waals surface area contributed by atoms with Crippen molar-refractivity contribution < 1.29 is 24.2 Å². The highest BCUT2D eigenvalue weighted by atomic mass is 35.5. The van der Waals surface area contributed by atoms with Gasteiger partial charge in [0.1, 0.15) is 10.9 Å². The van der Waals surface area contributed by atoms with Gasteiger partial charge in [0.2, 0.25) is 0 Å². The Balaban J connectivity index is 1.77. The third kappa shape index (κ3) is 5.26. The summed E-state index contributed by atoms with van der Waals surface area (Å²) in [5, 5.41) is 11.8. The minimum absolute atomic E-state index is 0.169. The topological polar surface area (TPSA) is 78.9 Å². The molecule has 6 nitrogen and oxygen atoms in total. The summed E-state index contributed by atoms with van der Waals surface area (Å²) in [6.07, 6.45) is 1.61. The van der Waals surface area contributed by atoms with Gasteiger partial charge in [-0.1, -0.05) is 59.3 Å². The predicted octanol–water partition coefficient (Wildman–Crippen LogP) is 3.53. The Kier molecular flexibility index (Phi) is 7.25. The van der Waals surface area contributed by atoms with E-state index in [1.54, 1.807) is 42.5 Å². The molecule has 1 amide bonds. The van der Waals surface area contributed by atoms with Gasteiger partial charge in [0.15, 0.2) is 11.5 Å². The van der Waals surface area contributed by atoms with Gasteiger partial charge in [0.25, 0.3) is 5.91 Å². The van der Waals surface area contributed by atoms with E-state index in [1.165, 1.54) is 7.11 Å². The number of halogens is 2.